The molecule has 1 saturated heterocycles. The summed E-state index contributed by atoms with van der Waals surface area (Å²) in [4.78, 5) is 48.9. The van der Waals surface area contributed by atoms with Gasteiger partial charge >= 0.3 is 0 Å². The molecule has 0 radical (unpaired) electrons. The van der Waals surface area contributed by atoms with E-state index < -0.39 is 11.9 Å². The summed E-state index contributed by atoms with van der Waals surface area (Å²) in [5.41, 5.74) is 8.03. The van der Waals surface area contributed by atoms with Gasteiger partial charge in [-0.05, 0) is 42.7 Å². The monoisotopic (exact) mass is 521 g/mol. The molecule has 1 atom stereocenters. The molecule has 5 N–H and O–H groups in total. The molecule has 2 aromatic heterocycles. The molecule has 1 fully saturated rings. The van der Waals surface area contributed by atoms with Gasteiger partial charge in [0.2, 0.25) is 0 Å². The van der Waals surface area contributed by atoms with Gasteiger partial charge in [0.1, 0.15) is 11.5 Å². The number of carbonyl (C=O) groups excluding carboxylic acids is 3. The number of rotatable bonds is 7. The molecule has 10 nitrogen and oxygen atoms in total. The van der Waals surface area contributed by atoms with Gasteiger partial charge in [-0.3, -0.25) is 14.4 Å². The maximum atomic E-state index is 13.4. The highest BCUT2D eigenvalue weighted by Crippen LogP contribution is 2.36. The van der Waals surface area contributed by atoms with Crippen LogP contribution >= 0.6 is 0 Å². The molecule has 0 saturated carbocycles. The van der Waals surface area contributed by atoms with Crippen LogP contribution in [0.2, 0.25) is 0 Å². The molecule has 3 amide bonds. The Kier molecular flexibility index (Phi) is 6.92. The number of pyridine rings is 1. The molecule has 1 aliphatic heterocycles. The zero-order valence-electron chi connectivity index (χ0n) is 21.1. The predicted molar refractivity (Wildman–Crippen MR) is 148 cm³/mol. The molecule has 0 aliphatic carbocycles. The van der Waals surface area contributed by atoms with Gasteiger partial charge in [-0.2, -0.15) is 0 Å². The molecular weight excluding hydrogens is 494 g/mol. The van der Waals surface area contributed by atoms with Crippen LogP contribution in [-0.2, 0) is 4.79 Å². The summed E-state index contributed by atoms with van der Waals surface area (Å²) in [7, 11) is 0. The summed E-state index contributed by atoms with van der Waals surface area (Å²) in [5, 5.41) is 2.73. The van der Waals surface area contributed by atoms with Crippen LogP contribution in [0.1, 0.15) is 51.1 Å². The van der Waals surface area contributed by atoms with Gasteiger partial charge in [0.05, 0.1) is 6.04 Å². The van der Waals surface area contributed by atoms with E-state index in [-0.39, 0.29) is 23.2 Å². The first-order valence-electron chi connectivity index (χ1n) is 12.4. The minimum absolute atomic E-state index is 0.0110. The minimum atomic E-state index is -0.757. The first kappa shape index (κ1) is 25.4. The predicted octanol–water partition coefficient (Wildman–Crippen LogP) is 3.39. The normalized spacial score (nSPS) is 14.7. The molecule has 1 aliphatic rings. The highest BCUT2D eigenvalue weighted by molar-refractivity contribution is 6.18. The average molecular weight is 522 g/mol. The second kappa shape index (κ2) is 10.6. The Balaban J connectivity index is 1.43. The maximum absolute atomic E-state index is 13.4. The summed E-state index contributed by atoms with van der Waals surface area (Å²) in [6.45, 7) is 4.51. The molecule has 1 unspecified atom stereocenters. The first-order valence-corrected chi connectivity index (χ1v) is 12.4. The Labute approximate surface area is 224 Å². The number of likely N-dealkylation sites (tertiary alicyclic amines) is 1. The topological polar surface area (TPSA) is 149 Å². The van der Waals surface area contributed by atoms with E-state index in [0.29, 0.717) is 41.3 Å². The van der Waals surface area contributed by atoms with Crippen LogP contribution in [0.4, 0.5) is 5.82 Å². The zero-order chi connectivity index (χ0) is 27.5. The fourth-order valence-electron chi connectivity index (χ4n) is 4.74. The van der Waals surface area contributed by atoms with Crippen LogP contribution in [0.15, 0.2) is 85.6 Å². The Hall–Kier alpha value is -5.25. The molecule has 0 spiro atoms. The van der Waals surface area contributed by atoms with Crippen molar-refractivity contribution in [2.75, 3.05) is 17.7 Å². The van der Waals surface area contributed by atoms with Crippen LogP contribution in [0.3, 0.4) is 0 Å². The van der Waals surface area contributed by atoms with E-state index in [2.05, 4.69) is 16.9 Å². The van der Waals surface area contributed by atoms with Crippen molar-refractivity contribution in [3.8, 4) is 11.3 Å². The standard InChI is InChI=1S/C29H27N7O3/c1-18(19-8-3-2-4-9-19)29(39)35-17-7-10-22(35)27-34-24(25(26(30)37)36(27)31)20-12-14-21(15-13-20)28(38)33-23-11-5-6-16-32-23/h2-6,8-9,11-16,22H,1,7,10,17,31H2,(H2,30,37)(H,32,33,38). The van der Waals surface area contributed by atoms with E-state index in [0.717, 1.165) is 12.0 Å². The van der Waals surface area contributed by atoms with Crippen LogP contribution < -0.4 is 16.9 Å². The van der Waals surface area contributed by atoms with Gasteiger partial charge in [0, 0.05) is 29.4 Å². The first-order chi connectivity index (χ1) is 18.8. The lowest BCUT2D eigenvalue weighted by Crippen LogP contribution is -2.34. The van der Waals surface area contributed by atoms with Crippen LogP contribution in [0.5, 0.6) is 0 Å². The largest absolute Gasteiger partial charge is 0.364 e. The molecule has 5 rings (SSSR count). The smallest absolute Gasteiger partial charge is 0.269 e. The van der Waals surface area contributed by atoms with Crippen molar-refractivity contribution in [1.82, 2.24) is 19.5 Å². The summed E-state index contributed by atoms with van der Waals surface area (Å²) in [6.07, 6.45) is 2.94. The maximum Gasteiger partial charge on any atom is 0.269 e. The van der Waals surface area contributed by atoms with Crippen molar-refractivity contribution in [2.45, 2.75) is 18.9 Å². The lowest BCUT2D eigenvalue weighted by atomic mass is 10.1. The number of carbonyl (C=O) groups is 3. The molecule has 2 aromatic carbocycles. The van der Waals surface area contributed by atoms with Gasteiger partial charge in [0.25, 0.3) is 17.7 Å². The summed E-state index contributed by atoms with van der Waals surface area (Å²) >= 11 is 0. The fourth-order valence-corrected chi connectivity index (χ4v) is 4.74. The number of hydrogen-bond acceptors (Lipinski definition) is 6. The van der Waals surface area contributed by atoms with Gasteiger partial charge in [-0.15, -0.1) is 0 Å². The Morgan fingerprint density at radius 2 is 1.67 bits per heavy atom. The molecule has 196 valence electrons. The quantitative estimate of drug-likeness (QED) is 0.251. The van der Waals surface area contributed by atoms with Crippen molar-refractivity contribution in [3.05, 3.63) is 108 Å². The summed E-state index contributed by atoms with van der Waals surface area (Å²) in [6, 6.07) is 20.6. The van der Waals surface area contributed by atoms with Gasteiger partial charge in [-0.25, -0.2) is 14.6 Å². The molecule has 4 aromatic rings. The van der Waals surface area contributed by atoms with Gasteiger partial charge < -0.3 is 21.8 Å². The molecule has 39 heavy (non-hydrogen) atoms. The number of nitrogens with two attached hydrogens (primary N) is 2. The number of imidazole rings is 1. The number of nitrogens with zero attached hydrogens (tertiary/aromatic N) is 4. The van der Waals surface area contributed by atoms with Crippen LogP contribution in [0, 0.1) is 0 Å². The second-order valence-corrected chi connectivity index (χ2v) is 9.15. The number of benzene rings is 2. The number of nitrogen functional groups attached to an aromatic ring is 1. The highest BCUT2D eigenvalue weighted by Gasteiger charge is 2.36. The van der Waals surface area contributed by atoms with E-state index in [1.807, 2.05) is 30.3 Å². The SMILES string of the molecule is C=C(C(=O)N1CCCC1c1nc(-c2ccc(C(=O)Nc3ccccn3)cc2)c(C(N)=O)n1N)c1ccccc1. The molecule has 10 heteroatoms. The van der Waals surface area contributed by atoms with Crippen molar-refractivity contribution < 1.29 is 14.4 Å². The van der Waals surface area contributed by atoms with Crippen LogP contribution in [-0.4, -0.2) is 43.8 Å². The fraction of sp³-hybridized carbons (Fsp3) is 0.138. The second-order valence-electron chi connectivity index (χ2n) is 9.15. The Morgan fingerprint density at radius 3 is 2.33 bits per heavy atom. The zero-order valence-corrected chi connectivity index (χ0v) is 21.1. The third-order valence-corrected chi connectivity index (χ3v) is 6.69. The van der Waals surface area contributed by atoms with Gasteiger partial charge in [-0.1, -0.05) is 55.1 Å². The Bertz CT molecular complexity index is 1550. The van der Waals surface area contributed by atoms with Crippen molar-refractivity contribution in [2.24, 2.45) is 5.73 Å². The average Bonchev–Trinajstić information content (AvgIpc) is 3.58. The minimum Gasteiger partial charge on any atom is -0.364 e. The van der Waals surface area contributed by atoms with E-state index in [1.54, 1.807) is 53.6 Å². The third kappa shape index (κ3) is 4.99. The third-order valence-electron chi connectivity index (χ3n) is 6.69. The number of primary amides is 1. The lowest BCUT2D eigenvalue weighted by Gasteiger charge is -2.25. The Morgan fingerprint density at radius 1 is 0.949 bits per heavy atom. The number of anilines is 1. The molecule has 3 heterocycles. The highest BCUT2D eigenvalue weighted by atomic mass is 16.2. The van der Waals surface area contributed by atoms with E-state index >= 15 is 0 Å². The number of amides is 3. The van der Waals surface area contributed by atoms with Crippen molar-refractivity contribution in [3.63, 3.8) is 0 Å². The van der Waals surface area contributed by atoms with Gasteiger partial charge in [0.15, 0.2) is 11.5 Å². The number of aromatic nitrogens is 3. The van der Waals surface area contributed by atoms with E-state index in [9.17, 15) is 14.4 Å². The summed E-state index contributed by atoms with van der Waals surface area (Å²) < 4.78 is 1.17. The van der Waals surface area contributed by atoms with Crippen LogP contribution in [0.25, 0.3) is 16.8 Å². The lowest BCUT2D eigenvalue weighted by molar-refractivity contribution is -0.126. The number of nitrogens with one attached hydrogen (secondary N) is 1. The van der Waals surface area contributed by atoms with E-state index in [4.69, 9.17) is 16.6 Å². The van der Waals surface area contributed by atoms with E-state index in [1.165, 1.54) is 4.68 Å². The molecular formula is C29H27N7O3. The molecule has 0 bridgehead atoms. The summed E-state index contributed by atoms with van der Waals surface area (Å²) in [5.74, 6) is 5.82. The number of hydrogen-bond donors (Lipinski definition) is 3. The van der Waals surface area contributed by atoms with Crippen molar-refractivity contribution >= 4 is 29.1 Å². The van der Waals surface area contributed by atoms with Crippen molar-refractivity contribution in [1.29, 1.82) is 0 Å².